The molecule has 0 aliphatic rings. The Morgan fingerprint density at radius 3 is 2.65 bits per heavy atom. The third-order valence-electron chi connectivity index (χ3n) is 3.19. The van der Waals surface area contributed by atoms with Crippen molar-refractivity contribution >= 4 is 11.0 Å². The van der Waals surface area contributed by atoms with Crippen LogP contribution >= 0.6 is 0 Å². The molecular weight excluding hydrogens is 214 g/mol. The van der Waals surface area contributed by atoms with E-state index in [0.29, 0.717) is 6.54 Å². The van der Waals surface area contributed by atoms with Crippen molar-refractivity contribution in [3.8, 4) is 0 Å². The highest BCUT2D eigenvalue weighted by atomic mass is 16.3. The van der Waals surface area contributed by atoms with Gasteiger partial charge in [0, 0.05) is 6.54 Å². The number of aliphatic hydroxyl groups is 1. The largest absolute Gasteiger partial charge is 0.387 e. The van der Waals surface area contributed by atoms with Crippen molar-refractivity contribution < 1.29 is 5.11 Å². The molecule has 0 saturated carbocycles. The molecule has 1 heterocycles. The van der Waals surface area contributed by atoms with E-state index < -0.39 is 5.60 Å². The molecule has 92 valence electrons. The summed E-state index contributed by atoms with van der Waals surface area (Å²) in [4.78, 5) is 4.35. The second-order valence-corrected chi connectivity index (χ2v) is 5.00. The first kappa shape index (κ1) is 12.1. The highest BCUT2D eigenvalue weighted by Gasteiger charge is 2.19. The molecule has 1 aromatic carbocycles. The van der Waals surface area contributed by atoms with Crippen molar-refractivity contribution in [3.63, 3.8) is 0 Å². The Bertz CT molecular complexity index is 543. The number of hydrogen-bond donors (Lipinski definition) is 2. The molecule has 2 rings (SSSR count). The number of benzene rings is 1. The van der Waals surface area contributed by atoms with Gasteiger partial charge in [0.25, 0.3) is 0 Å². The van der Waals surface area contributed by atoms with E-state index in [1.54, 1.807) is 13.3 Å². The third kappa shape index (κ3) is 2.33. The first-order valence-electron chi connectivity index (χ1n) is 5.77. The molecule has 0 radical (unpaired) electrons. The average molecular weight is 233 g/mol. The van der Waals surface area contributed by atoms with Crippen LogP contribution in [0.15, 0.2) is 18.5 Å². The second kappa shape index (κ2) is 4.13. The van der Waals surface area contributed by atoms with E-state index >= 15 is 0 Å². The monoisotopic (exact) mass is 233 g/mol. The first-order valence-corrected chi connectivity index (χ1v) is 5.77. The lowest BCUT2D eigenvalue weighted by molar-refractivity contribution is 0.0518. The fourth-order valence-electron chi connectivity index (χ4n) is 1.87. The minimum Gasteiger partial charge on any atom is -0.387 e. The zero-order valence-corrected chi connectivity index (χ0v) is 10.6. The summed E-state index contributed by atoms with van der Waals surface area (Å²) in [5.41, 5.74) is 9.10. The van der Waals surface area contributed by atoms with E-state index in [1.165, 1.54) is 11.1 Å². The smallest absolute Gasteiger partial charge is 0.0959 e. The summed E-state index contributed by atoms with van der Waals surface area (Å²) in [5.74, 6) is 0. The van der Waals surface area contributed by atoms with Gasteiger partial charge in [-0.1, -0.05) is 0 Å². The maximum Gasteiger partial charge on any atom is 0.0959 e. The van der Waals surface area contributed by atoms with Crippen LogP contribution < -0.4 is 5.73 Å². The van der Waals surface area contributed by atoms with Gasteiger partial charge in [0.05, 0.1) is 29.5 Å². The predicted octanol–water partition coefficient (Wildman–Crippen LogP) is 1.36. The van der Waals surface area contributed by atoms with E-state index in [-0.39, 0.29) is 6.54 Å². The zero-order valence-electron chi connectivity index (χ0n) is 10.6. The van der Waals surface area contributed by atoms with Crippen LogP contribution in [0.1, 0.15) is 18.1 Å². The average Bonchev–Trinajstić information content (AvgIpc) is 2.62. The summed E-state index contributed by atoms with van der Waals surface area (Å²) < 4.78 is 1.95. The molecule has 3 N–H and O–H groups in total. The van der Waals surface area contributed by atoms with Crippen LogP contribution in [0.3, 0.4) is 0 Å². The number of rotatable bonds is 3. The summed E-state index contributed by atoms with van der Waals surface area (Å²) in [6.45, 7) is 6.58. The lowest BCUT2D eigenvalue weighted by atomic mass is 10.1. The number of hydrogen-bond acceptors (Lipinski definition) is 3. The van der Waals surface area contributed by atoms with Gasteiger partial charge in [-0.05, 0) is 44.0 Å². The Hall–Kier alpha value is -1.39. The van der Waals surface area contributed by atoms with E-state index in [9.17, 15) is 5.11 Å². The van der Waals surface area contributed by atoms with Crippen LogP contribution in [-0.4, -0.2) is 26.8 Å². The number of nitrogens with zero attached hydrogens (tertiary/aromatic N) is 2. The minimum atomic E-state index is -0.896. The number of nitrogens with two attached hydrogens (primary N) is 1. The maximum atomic E-state index is 10.0. The molecule has 0 spiro atoms. The molecule has 1 atom stereocenters. The molecule has 0 saturated heterocycles. The Labute approximate surface area is 101 Å². The van der Waals surface area contributed by atoms with Gasteiger partial charge in [-0.25, -0.2) is 4.98 Å². The first-order chi connectivity index (χ1) is 7.93. The topological polar surface area (TPSA) is 64.1 Å². The number of fused-ring (bicyclic) bond motifs is 1. The van der Waals surface area contributed by atoms with Crippen LogP contribution in [-0.2, 0) is 6.54 Å². The SMILES string of the molecule is Cc1cc2ncn(CC(C)(O)CN)c2cc1C. The van der Waals surface area contributed by atoms with Crippen LogP contribution in [0.5, 0.6) is 0 Å². The summed E-state index contributed by atoms with van der Waals surface area (Å²) in [6.07, 6.45) is 1.76. The lowest BCUT2D eigenvalue weighted by Crippen LogP contribution is -2.38. The molecule has 1 aromatic heterocycles. The highest BCUT2D eigenvalue weighted by Crippen LogP contribution is 2.19. The Morgan fingerprint density at radius 2 is 2.00 bits per heavy atom. The van der Waals surface area contributed by atoms with E-state index in [2.05, 4.69) is 31.0 Å². The number of aromatic nitrogens is 2. The molecule has 4 nitrogen and oxygen atoms in total. The fourth-order valence-corrected chi connectivity index (χ4v) is 1.87. The summed E-state index contributed by atoms with van der Waals surface area (Å²) in [6, 6.07) is 4.17. The van der Waals surface area contributed by atoms with E-state index in [4.69, 9.17) is 5.73 Å². The van der Waals surface area contributed by atoms with Gasteiger partial charge in [0.15, 0.2) is 0 Å². The van der Waals surface area contributed by atoms with Gasteiger partial charge in [-0.2, -0.15) is 0 Å². The summed E-state index contributed by atoms with van der Waals surface area (Å²) >= 11 is 0. The molecule has 0 fully saturated rings. The molecule has 4 heteroatoms. The standard InChI is InChI=1S/C13H19N3O/c1-9-4-11-12(5-10(9)2)16(8-15-11)7-13(3,17)6-14/h4-5,8,17H,6-7,14H2,1-3H3. The Kier molecular flexibility index (Phi) is 2.93. The normalized spacial score (nSPS) is 15.1. The maximum absolute atomic E-state index is 10.0. The van der Waals surface area contributed by atoms with Gasteiger partial charge >= 0.3 is 0 Å². The Morgan fingerprint density at radius 1 is 1.35 bits per heavy atom. The lowest BCUT2D eigenvalue weighted by Gasteiger charge is -2.21. The van der Waals surface area contributed by atoms with Crippen molar-refractivity contribution in [2.24, 2.45) is 5.73 Å². The molecule has 17 heavy (non-hydrogen) atoms. The molecule has 2 aromatic rings. The van der Waals surface area contributed by atoms with Crippen molar-refractivity contribution in [2.75, 3.05) is 6.54 Å². The van der Waals surface area contributed by atoms with E-state index in [1.807, 2.05) is 4.57 Å². The van der Waals surface area contributed by atoms with Crippen LogP contribution in [0.4, 0.5) is 0 Å². The number of imidazole rings is 1. The zero-order chi connectivity index (χ0) is 12.6. The summed E-state index contributed by atoms with van der Waals surface area (Å²) in [5, 5.41) is 10.0. The second-order valence-electron chi connectivity index (χ2n) is 5.00. The third-order valence-corrected chi connectivity index (χ3v) is 3.19. The minimum absolute atomic E-state index is 0.234. The molecule has 0 aliphatic heterocycles. The van der Waals surface area contributed by atoms with Crippen LogP contribution in [0, 0.1) is 13.8 Å². The molecule has 0 bridgehead atoms. The van der Waals surface area contributed by atoms with Gasteiger partial charge < -0.3 is 15.4 Å². The van der Waals surface area contributed by atoms with Crippen molar-refractivity contribution in [1.29, 1.82) is 0 Å². The van der Waals surface area contributed by atoms with Crippen molar-refractivity contribution in [1.82, 2.24) is 9.55 Å². The molecule has 1 unspecified atom stereocenters. The van der Waals surface area contributed by atoms with Gasteiger partial charge in [-0.15, -0.1) is 0 Å². The fraction of sp³-hybridized carbons (Fsp3) is 0.462. The predicted molar refractivity (Wildman–Crippen MR) is 68.9 cm³/mol. The van der Waals surface area contributed by atoms with Gasteiger partial charge in [-0.3, -0.25) is 0 Å². The van der Waals surface area contributed by atoms with E-state index in [0.717, 1.165) is 11.0 Å². The summed E-state index contributed by atoms with van der Waals surface area (Å²) in [7, 11) is 0. The highest BCUT2D eigenvalue weighted by molar-refractivity contribution is 5.77. The van der Waals surface area contributed by atoms with Crippen LogP contribution in [0.25, 0.3) is 11.0 Å². The van der Waals surface area contributed by atoms with Crippen LogP contribution in [0.2, 0.25) is 0 Å². The van der Waals surface area contributed by atoms with Gasteiger partial charge in [0.1, 0.15) is 0 Å². The Balaban J connectivity index is 2.46. The molecular formula is C13H19N3O. The number of aryl methyl sites for hydroxylation is 2. The molecule has 0 amide bonds. The van der Waals surface area contributed by atoms with Crippen molar-refractivity contribution in [2.45, 2.75) is 32.9 Å². The molecule has 0 aliphatic carbocycles. The van der Waals surface area contributed by atoms with Gasteiger partial charge in [0.2, 0.25) is 0 Å². The van der Waals surface area contributed by atoms with Crippen molar-refractivity contribution in [3.05, 3.63) is 29.6 Å². The quantitative estimate of drug-likeness (QED) is 0.841.